The van der Waals surface area contributed by atoms with Crippen LogP contribution in [0.3, 0.4) is 0 Å². The Morgan fingerprint density at radius 1 is 1.69 bits per heavy atom. The Morgan fingerprint density at radius 3 is 3.08 bits per heavy atom. The molecule has 1 atom stereocenters. The van der Waals surface area contributed by atoms with Crippen molar-refractivity contribution >= 4 is 17.4 Å². The average molecular weight is 196 g/mol. The van der Waals surface area contributed by atoms with Crippen molar-refractivity contribution in [2.24, 2.45) is 10.2 Å². The normalized spacial score (nSPS) is 20.7. The van der Waals surface area contributed by atoms with E-state index in [9.17, 15) is 0 Å². The molecule has 0 radical (unpaired) electrons. The van der Waals surface area contributed by atoms with Gasteiger partial charge in [-0.3, -0.25) is 4.68 Å². The fourth-order valence-electron chi connectivity index (χ4n) is 1.09. The molecular weight excluding hydrogens is 188 g/mol. The van der Waals surface area contributed by atoms with E-state index >= 15 is 0 Å². The summed E-state index contributed by atoms with van der Waals surface area (Å²) in [7, 11) is 0. The Morgan fingerprint density at radius 2 is 2.54 bits per heavy atom. The van der Waals surface area contributed by atoms with Crippen molar-refractivity contribution < 1.29 is 4.74 Å². The molecule has 5 nitrogen and oxygen atoms in total. The number of hydrogen-bond acceptors (Lipinski definition) is 4. The lowest BCUT2D eigenvalue weighted by Crippen LogP contribution is -2.17. The molecule has 0 aromatic carbocycles. The number of aryl methyl sites for hydroxylation is 1. The molecule has 1 aliphatic heterocycles. The van der Waals surface area contributed by atoms with Crippen molar-refractivity contribution in [1.29, 1.82) is 0 Å². The van der Waals surface area contributed by atoms with E-state index in [1.807, 2.05) is 13.0 Å². The summed E-state index contributed by atoms with van der Waals surface area (Å²) >= 11 is 4.71. The lowest BCUT2D eigenvalue weighted by molar-refractivity contribution is 0.192. The van der Waals surface area contributed by atoms with Gasteiger partial charge >= 0.3 is 5.17 Å². The Kier molecular flexibility index (Phi) is 2.05. The zero-order valence-corrected chi connectivity index (χ0v) is 7.86. The number of ether oxygens (including phenoxy) is 1. The van der Waals surface area contributed by atoms with Crippen LogP contribution >= 0.6 is 12.2 Å². The molecule has 2 heterocycles. The van der Waals surface area contributed by atoms with Crippen LogP contribution < -0.4 is 0 Å². The molecule has 1 aromatic rings. The van der Waals surface area contributed by atoms with Gasteiger partial charge in [0.2, 0.25) is 6.23 Å². The molecular formula is C7H8N4OS. The average Bonchev–Trinajstić information content (AvgIpc) is 2.64. The summed E-state index contributed by atoms with van der Waals surface area (Å²) in [5, 5.41) is 11.8. The van der Waals surface area contributed by atoms with Gasteiger partial charge in [0, 0.05) is 11.9 Å². The Hall–Kier alpha value is -1.30. The minimum Gasteiger partial charge on any atom is -0.439 e. The smallest absolute Gasteiger partial charge is 0.304 e. The van der Waals surface area contributed by atoms with Crippen LogP contribution in [0.1, 0.15) is 5.69 Å². The Labute approximate surface area is 80.4 Å². The molecule has 1 aliphatic rings. The summed E-state index contributed by atoms with van der Waals surface area (Å²) in [6, 6.07) is 1.92. The second-order valence-electron chi connectivity index (χ2n) is 2.71. The maximum atomic E-state index is 5.13. The van der Waals surface area contributed by atoms with E-state index in [1.54, 1.807) is 10.9 Å². The van der Waals surface area contributed by atoms with Crippen molar-refractivity contribution in [2.75, 3.05) is 0 Å². The second-order valence-corrected chi connectivity index (χ2v) is 3.06. The molecule has 68 valence electrons. The molecule has 2 rings (SSSR count). The van der Waals surface area contributed by atoms with Crippen LogP contribution in [0.2, 0.25) is 0 Å². The van der Waals surface area contributed by atoms with Crippen molar-refractivity contribution in [3.05, 3.63) is 18.0 Å². The Balaban J connectivity index is 2.04. The standard InChI is InChI=1S/C7H8N4OS/c1-5-2-3-8-11(5)4-6-9-10-7(13)12-6/h2-3,6H,4H2,1H3. The van der Waals surface area contributed by atoms with Crippen LogP contribution in [-0.4, -0.2) is 21.2 Å². The quantitative estimate of drug-likeness (QED) is 0.669. The van der Waals surface area contributed by atoms with Crippen LogP contribution in [0.4, 0.5) is 0 Å². The molecule has 13 heavy (non-hydrogen) atoms. The lowest BCUT2D eigenvalue weighted by Gasteiger charge is -2.07. The van der Waals surface area contributed by atoms with E-state index in [0.717, 1.165) is 5.69 Å². The van der Waals surface area contributed by atoms with Gasteiger partial charge in [0.15, 0.2) is 0 Å². The predicted molar refractivity (Wildman–Crippen MR) is 49.3 cm³/mol. The molecule has 1 unspecified atom stereocenters. The number of rotatable bonds is 2. The number of nitrogens with zero attached hydrogens (tertiary/aromatic N) is 4. The van der Waals surface area contributed by atoms with E-state index in [0.29, 0.717) is 6.54 Å². The van der Waals surface area contributed by atoms with Crippen LogP contribution in [0.5, 0.6) is 0 Å². The number of hydrogen-bond donors (Lipinski definition) is 0. The Bertz CT molecular complexity index is 359. The number of azo groups is 1. The van der Waals surface area contributed by atoms with Crippen LogP contribution in [-0.2, 0) is 11.3 Å². The van der Waals surface area contributed by atoms with Gasteiger partial charge < -0.3 is 4.74 Å². The zero-order chi connectivity index (χ0) is 9.26. The molecule has 1 aromatic heterocycles. The third-order valence-corrected chi connectivity index (χ3v) is 1.94. The van der Waals surface area contributed by atoms with Gasteiger partial charge in [0.1, 0.15) is 6.54 Å². The SMILES string of the molecule is Cc1ccnn1CC1N=NC(=S)O1. The molecule has 0 amide bonds. The summed E-state index contributed by atoms with van der Waals surface area (Å²) in [6.07, 6.45) is 1.42. The maximum absolute atomic E-state index is 5.13. The minimum absolute atomic E-state index is 0.204. The van der Waals surface area contributed by atoms with Gasteiger partial charge in [-0.05, 0) is 25.2 Å². The largest absolute Gasteiger partial charge is 0.439 e. The first kappa shape index (κ1) is 8.31. The third-order valence-electron chi connectivity index (χ3n) is 1.76. The topological polar surface area (TPSA) is 51.8 Å². The van der Waals surface area contributed by atoms with E-state index < -0.39 is 0 Å². The van der Waals surface area contributed by atoms with Gasteiger partial charge in [0.25, 0.3) is 0 Å². The molecule has 0 saturated heterocycles. The second kappa shape index (κ2) is 3.21. The van der Waals surface area contributed by atoms with Crippen molar-refractivity contribution in [3.63, 3.8) is 0 Å². The van der Waals surface area contributed by atoms with E-state index in [4.69, 9.17) is 17.0 Å². The summed E-state index contributed by atoms with van der Waals surface area (Å²) in [4.78, 5) is 0. The van der Waals surface area contributed by atoms with E-state index in [-0.39, 0.29) is 11.4 Å². The summed E-state index contributed by atoms with van der Waals surface area (Å²) in [5.41, 5.74) is 1.07. The monoisotopic (exact) mass is 196 g/mol. The van der Waals surface area contributed by atoms with Crippen LogP contribution in [0.15, 0.2) is 22.5 Å². The van der Waals surface area contributed by atoms with Crippen LogP contribution in [0, 0.1) is 6.92 Å². The first-order chi connectivity index (χ1) is 6.25. The molecule has 0 aliphatic carbocycles. The van der Waals surface area contributed by atoms with Gasteiger partial charge in [-0.15, -0.1) is 10.2 Å². The van der Waals surface area contributed by atoms with Gasteiger partial charge in [0.05, 0.1) is 0 Å². The number of thiocarbonyl (C=S) groups is 1. The summed E-state index contributed by atoms with van der Waals surface area (Å²) in [6.45, 7) is 2.53. The predicted octanol–water partition coefficient (Wildman–Crippen LogP) is 1.28. The highest BCUT2D eigenvalue weighted by Gasteiger charge is 2.18. The van der Waals surface area contributed by atoms with Gasteiger partial charge in [-0.25, -0.2) is 0 Å². The van der Waals surface area contributed by atoms with Crippen molar-refractivity contribution in [1.82, 2.24) is 9.78 Å². The highest BCUT2D eigenvalue weighted by atomic mass is 32.1. The third kappa shape index (κ3) is 1.72. The summed E-state index contributed by atoms with van der Waals surface area (Å²) in [5.74, 6) is 0. The first-order valence-electron chi connectivity index (χ1n) is 3.85. The fourth-order valence-corrected chi connectivity index (χ4v) is 1.24. The zero-order valence-electron chi connectivity index (χ0n) is 7.04. The van der Waals surface area contributed by atoms with Crippen molar-refractivity contribution in [3.8, 4) is 0 Å². The van der Waals surface area contributed by atoms with E-state index in [1.165, 1.54) is 0 Å². The van der Waals surface area contributed by atoms with E-state index in [2.05, 4.69) is 15.3 Å². The highest BCUT2D eigenvalue weighted by molar-refractivity contribution is 7.80. The van der Waals surface area contributed by atoms with Gasteiger partial charge in [-0.1, -0.05) is 0 Å². The number of aromatic nitrogens is 2. The molecule has 0 N–H and O–H groups in total. The van der Waals surface area contributed by atoms with Crippen molar-refractivity contribution in [2.45, 2.75) is 19.7 Å². The molecule has 0 saturated carbocycles. The highest BCUT2D eigenvalue weighted by Crippen LogP contribution is 2.10. The fraction of sp³-hybridized carbons (Fsp3) is 0.429. The molecule has 0 bridgehead atoms. The first-order valence-corrected chi connectivity index (χ1v) is 4.26. The van der Waals surface area contributed by atoms with Crippen LogP contribution in [0.25, 0.3) is 0 Å². The maximum Gasteiger partial charge on any atom is 0.304 e. The lowest BCUT2D eigenvalue weighted by atomic mass is 10.4. The molecule has 0 spiro atoms. The molecule has 0 fully saturated rings. The molecule has 6 heteroatoms. The summed E-state index contributed by atoms with van der Waals surface area (Å²) < 4.78 is 6.93. The minimum atomic E-state index is -0.314. The van der Waals surface area contributed by atoms with Gasteiger partial charge in [-0.2, -0.15) is 5.10 Å².